The molecule has 1 aliphatic carbocycles. The Morgan fingerprint density at radius 1 is 1.22 bits per heavy atom. The summed E-state index contributed by atoms with van der Waals surface area (Å²) < 4.78 is 5.87. The second kappa shape index (κ2) is 6.69. The summed E-state index contributed by atoms with van der Waals surface area (Å²) >= 11 is 0. The summed E-state index contributed by atoms with van der Waals surface area (Å²) in [7, 11) is 0. The summed E-state index contributed by atoms with van der Waals surface area (Å²) in [5.74, 6) is 1.51. The zero-order valence-electron chi connectivity index (χ0n) is 11.4. The highest BCUT2D eigenvalue weighted by Gasteiger charge is 2.19. The monoisotopic (exact) mass is 249 g/mol. The van der Waals surface area contributed by atoms with E-state index in [0.29, 0.717) is 12.0 Å². The number of ether oxygens (including phenoxy) is 1. The molecule has 0 spiro atoms. The highest BCUT2D eigenvalue weighted by Crippen LogP contribution is 2.26. The van der Waals surface area contributed by atoms with E-state index in [4.69, 9.17) is 4.74 Å². The Labute approximate surface area is 109 Å². The summed E-state index contributed by atoms with van der Waals surface area (Å²) in [6, 6.07) is 0. The fourth-order valence-corrected chi connectivity index (χ4v) is 2.27. The average Bonchev–Trinajstić information content (AvgIpc) is 2.41. The number of rotatable bonds is 5. The summed E-state index contributed by atoms with van der Waals surface area (Å²) in [5.41, 5.74) is 0.960. The molecule has 4 nitrogen and oxygen atoms in total. The number of nitrogens with zero attached hydrogens (tertiary/aromatic N) is 2. The predicted molar refractivity (Wildman–Crippen MR) is 71.5 cm³/mol. The van der Waals surface area contributed by atoms with E-state index in [1.54, 1.807) is 12.4 Å². The van der Waals surface area contributed by atoms with E-state index in [2.05, 4.69) is 29.1 Å². The third-order valence-electron chi connectivity index (χ3n) is 3.49. The van der Waals surface area contributed by atoms with Gasteiger partial charge in [-0.05, 0) is 38.1 Å². The highest BCUT2D eigenvalue weighted by molar-refractivity contribution is 5.07. The lowest BCUT2D eigenvalue weighted by molar-refractivity contribution is 0.129. The lowest BCUT2D eigenvalue weighted by Gasteiger charge is -2.26. The smallest absolute Gasteiger partial charge is 0.232 e. The standard InChI is InChI=1S/C14H23N3O/c1-3-15-8-12-9-17-14(10-16-12)18-13-6-4-11(2)5-7-13/h9-11,13,15H,3-8H2,1-2H3. The second-order valence-electron chi connectivity index (χ2n) is 5.13. The van der Waals surface area contributed by atoms with Gasteiger partial charge in [0.15, 0.2) is 0 Å². The molecule has 1 aromatic rings. The van der Waals surface area contributed by atoms with E-state index in [1.165, 1.54) is 12.8 Å². The molecule has 0 aliphatic heterocycles. The molecule has 18 heavy (non-hydrogen) atoms. The van der Waals surface area contributed by atoms with Crippen LogP contribution in [-0.4, -0.2) is 22.6 Å². The minimum absolute atomic E-state index is 0.329. The van der Waals surface area contributed by atoms with Crippen molar-refractivity contribution in [1.29, 1.82) is 0 Å². The molecule has 1 heterocycles. The van der Waals surface area contributed by atoms with Gasteiger partial charge in [0.05, 0.1) is 18.1 Å². The Balaban J connectivity index is 1.82. The van der Waals surface area contributed by atoms with Gasteiger partial charge < -0.3 is 10.1 Å². The molecule has 0 aromatic carbocycles. The molecular weight excluding hydrogens is 226 g/mol. The molecule has 0 unspecified atom stereocenters. The van der Waals surface area contributed by atoms with Gasteiger partial charge in [-0.1, -0.05) is 13.8 Å². The Kier molecular flexibility index (Phi) is 4.93. The van der Waals surface area contributed by atoms with Gasteiger partial charge in [-0.2, -0.15) is 0 Å². The van der Waals surface area contributed by atoms with Crippen LogP contribution in [0.15, 0.2) is 12.4 Å². The van der Waals surface area contributed by atoms with E-state index < -0.39 is 0 Å². The number of nitrogens with one attached hydrogen (secondary N) is 1. The maximum atomic E-state index is 5.87. The molecule has 2 rings (SSSR count). The second-order valence-corrected chi connectivity index (χ2v) is 5.13. The van der Waals surface area contributed by atoms with Gasteiger partial charge in [-0.3, -0.25) is 4.98 Å². The van der Waals surface area contributed by atoms with Gasteiger partial charge in [0.25, 0.3) is 0 Å². The zero-order valence-corrected chi connectivity index (χ0v) is 11.4. The third-order valence-corrected chi connectivity index (χ3v) is 3.49. The molecule has 1 aromatic heterocycles. The lowest BCUT2D eigenvalue weighted by Crippen LogP contribution is -2.23. The third kappa shape index (κ3) is 3.95. The normalized spacial score (nSPS) is 23.9. The maximum absolute atomic E-state index is 5.87. The molecular formula is C14H23N3O. The van der Waals surface area contributed by atoms with Crippen LogP contribution in [0.1, 0.15) is 45.2 Å². The quantitative estimate of drug-likeness (QED) is 0.871. The molecule has 0 amide bonds. The summed E-state index contributed by atoms with van der Waals surface area (Å²) in [6.45, 7) is 6.10. The van der Waals surface area contributed by atoms with Gasteiger partial charge >= 0.3 is 0 Å². The molecule has 100 valence electrons. The van der Waals surface area contributed by atoms with Crippen LogP contribution < -0.4 is 10.1 Å². The Hall–Kier alpha value is -1.16. The fraction of sp³-hybridized carbons (Fsp3) is 0.714. The van der Waals surface area contributed by atoms with E-state index in [9.17, 15) is 0 Å². The first kappa shape index (κ1) is 13.3. The zero-order chi connectivity index (χ0) is 12.8. The van der Waals surface area contributed by atoms with Crippen molar-refractivity contribution in [1.82, 2.24) is 15.3 Å². The first-order chi connectivity index (χ1) is 8.78. The Morgan fingerprint density at radius 3 is 2.61 bits per heavy atom. The molecule has 0 radical (unpaired) electrons. The predicted octanol–water partition coefficient (Wildman–Crippen LogP) is 2.54. The fourth-order valence-electron chi connectivity index (χ4n) is 2.27. The van der Waals surface area contributed by atoms with Crippen molar-refractivity contribution in [2.24, 2.45) is 5.92 Å². The van der Waals surface area contributed by atoms with Crippen LogP contribution in [0, 0.1) is 5.92 Å². The molecule has 0 atom stereocenters. The number of hydrogen-bond acceptors (Lipinski definition) is 4. The van der Waals surface area contributed by atoms with E-state index in [-0.39, 0.29) is 0 Å². The van der Waals surface area contributed by atoms with Crippen molar-refractivity contribution < 1.29 is 4.74 Å². The van der Waals surface area contributed by atoms with Crippen LogP contribution in [0.25, 0.3) is 0 Å². The molecule has 4 heteroatoms. The molecule has 0 saturated heterocycles. The van der Waals surface area contributed by atoms with E-state index in [0.717, 1.165) is 37.5 Å². The Bertz CT molecular complexity index is 345. The van der Waals surface area contributed by atoms with Gasteiger partial charge in [-0.25, -0.2) is 4.98 Å². The van der Waals surface area contributed by atoms with Crippen LogP contribution in [0.5, 0.6) is 5.88 Å². The number of hydrogen-bond donors (Lipinski definition) is 1. The van der Waals surface area contributed by atoms with E-state index >= 15 is 0 Å². The number of aromatic nitrogens is 2. The van der Waals surface area contributed by atoms with Gasteiger partial charge in [0.1, 0.15) is 6.10 Å². The molecule has 1 N–H and O–H groups in total. The summed E-state index contributed by atoms with van der Waals surface area (Å²) in [6.07, 6.45) is 8.67. The van der Waals surface area contributed by atoms with E-state index in [1.807, 2.05) is 0 Å². The van der Waals surface area contributed by atoms with Crippen molar-refractivity contribution in [3.8, 4) is 5.88 Å². The van der Waals surface area contributed by atoms with Crippen molar-refractivity contribution in [3.05, 3.63) is 18.1 Å². The maximum Gasteiger partial charge on any atom is 0.232 e. The minimum atomic E-state index is 0.329. The molecule has 1 fully saturated rings. The van der Waals surface area contributed by atoms with Gasteiger partial charge in [0, 0.05) is 6.54 Å². The van der Waals surface area contributed by atoms with Crippen LogP contribution >= 0.6 is 0 Å². The topological polar surface area (TPSA) is 47.0 Å². The average molecular weight is 249 g/mol. The SMILES string of the molecule is CCNCc1cnc(OC2CCC(C)CC2)cn1. The minimum Gasteiger partial charge on any atom is -0.473 e. The lowest BCUT2D eigenvalue weighted by atomic mass is 9.89. The summed E-state index contributed by atoms with van der Waals surface area (Å²) in [4.78, 5) is 8.67. The molecule has 1 aliphatic rings. The van der Waals surface area contributed by atoms with Gasteiger partial charge in [0.2, 0.25) is 5.88 Å². The first-order valence-corrected chi connectivity index (χ1v) is 6.96. The Morgan fingerprint density at radius 2 is 2.00 bits per heavy atom. The highest BCUT2D eigenvalue weighted by atomic mass is 16.5. The first-order valence-electron chi connectivity index (χ1n) is 6.96. The van der Waals surface area contributed by atoms with Crippen molar-refractivity contribution in [2.45, 2.75) is 52.2 Å². The largest absolute Gasteiger partial charge is 0.473 e. The summed E-state index contributed by atoms with van der Waals surface area (Å²) in [5, 5.41) is 3.23. The van der Waals surface area contributed by atoms with Crippen LogP contribution in [0.3, 0.4) is 0 Å². The van der Waals surface area contributed by atoms with Crippen molar-refractivity contribution >= 4 is 0 Å². The van der Waals surface area contributed by atoms with Crippen molar-refractivity contribution in [3.63, 3.8) is 0 Å². The van der Waals surface area contributed by atoms with Gasteiger partial charge in [-0.15, -0.1) is 0 Å². The van der Waals surface area contributed by atoms with Crippen molar-refractivity contribution in [2.75, 3.05) is 6.54 Å². The van der Waals surface area contributed by atoms with Crippen LogP contribution in [-0.2, 0) is 6.54 Å². The van der Waals surface area contributed by atoms with Crippen LogP contribution in [0.2, 0.25) is 0 Å². The van der Waals surface area contributed by atoms with Crippen LogP contribution in [0.4, 0.5) is 0 Å². The molecule has 0 bridgehead atoms. The molecule has 1 saturated carbocycles.